The van der Waals surface area contributed by atoms with E-state index in [0.717, 1.165) is 25.7 Å². The third-order valence-corrected chi connectivity index (χ3v) is 6.05. The van der Waals surface area contributed by atoms with Gasteiger partial charge in [-0.25, -0.2) is 4.79 Å². The van der Waals surface area contributed by atoms with Crippen LogP contribution >= 0.6 is 0 Å². The van der Waals surface area contributed by atoms with Crippen molar-refractivity contribution in [3.05, 3.63) is 35.4 Å². The van der Waals surface area contributed by atoms with Gasteiger partial charge in [0.05, 0.1) is 5.56 Å². The van der Waals surface area contributed by atoms with Crippen LogP contribution in [0.5, 0.6) is 0 Å². The Morgan fingerprint density at radius 1 is 1.29 bits per heavy atom. The normalized spacial score (nSPS) is 17.9. The number of carboxylic acids is 1. The highest BCUT2D eigenvalue weighted by atomic mass is 32.2. The average molecular weight is 352 g/mol. The number of carboxylic acid groups (broad SMARTS) is 1. The van der Waals surface area contributed by atoms with E-state index in [2.05, 4.69) is 0 Å². The SMILES string of the molecule is CCC(C(=O)OC1CCCCC1)S(=O)Cc1cccc(C(=O)O)c1. The van der Waals surface area contributed by atoms with Gasteiger partial charge in [-0.1, -0.05) is 25.5 Å². The highest BCUT2D eigenvalue weighted by Crippen LogP contribution is 2.22. The number of benzene rings is 1. The van der Waals surface area contributed by atoms with Crippen molar-refractivity contribution in [2.24, 2.45) is 0 Å². The molecule has 1 saturated carbocycles. The molecule has 0 aromatic heterocycles. The topological polar surface area (TPSA) is 80.7 Å². The van der Waals surface area contributed by atoms with Crippen molar-refractivity contribution in [3.8, 4) is 0 Å². The third kappa shape index (κ3) is 5.16. The predicted octanol–water partition coefficient (Wildman–Crippen LogP) is 3.29. The predicted molar refractivity (Wildman–Crippen MR) is 92.3 cm³/mol. The molecule has 0 aliphatic heterocycles. The Morgan fingerprint density at radius 2 is 2.00 bits per heavy atom. The Morgan fingerprint density at radius 3 is 2.62 bits per heavy atom. The number of carbonyl (C=O) groups excluding carboxylic acids is 1. The van der Waals surface area contributed by atoms with E-state index in [1.54, 1.807) is 12.1 Å². The molecule has 132 valence electrons. The smallest absolute Gasteiger partial charge is 0.335 e. The molecule has 6 heteroatoms. The quantitative estimate of drug-likeness (QED) is 0.762. The van der Waals surface area contributed by atoms with Gasteiger partial charge in [0.25, 0.3) is 0 Å². The van der Waals surface area contributed by atoms with Crippen LogP contribution in [-0.4, -0.2) is 32.6 Å². The summed E-state index contributed by atoms with van der Waals surface area (Å²) in [5, 5.41) is 8.35. The van der Waals surface area contributed by atoms with Crippen molar-refractivity contribution < 1.29 is 23.6 Å². The first-order valence-corrected chi connectivity index (χ1v) is 9.79. The average Bonchev–Trinajstić information content (AvgIpc) is 2.56. The summed E-state index contributed by atoms with van der Waals surface area (Å²) in [4.78, 5) is 23.3. The van der Waals surface area contributed by atoms with Crippen molar-refractivity contribution in [3.63, 3.8) is 0 Å². The van der Waals surface area contributed by atoms with Crippen LogP contribution in [0, 0.1) is 0 Å². The van der Waals surface area contributed by atoms with Crippen LogP contribution in [0.2, 0.25) is 0 Å². The van der Waals surface area contributed by atoms with Gasteiger partial charge in [0.1, 0.15) is 11.4 Å². The Balaban J connectivity index is 1.98. The lowest BCUT2D eigenvalue weighted by Gasteiger charge is -2.24. The number of carbonyl (C=O) groups is 2. The van der Waals surface area contributed by atoms with E-state index in [4.69, 9.17) is 9.84 Å². The number of rotatable bonds is 7. The fraction of sp³-hybridized carbons (Fsp3) is 0.556. The standard InChI is InChI=1S/C18H24O5S/c1-2-16(18(21)23-15-9-4-3-5-10-15)24(22)12-13-7-6-8-14(11-13)17(19)20/h6-8,11,15-16H,2-5,9-10,12H2,1H3,(H,19,20). The van der Waals surface area contributed by atoms with Gasteiger partial charge in [-0.15, -0.1) is 0 Å². The monoisotopic (exact) mass is 352 g/mol. The fourth-order valence-corrected chi connectivity index (χ4v) is 4.29. The molecule has 0 spiro atoms. The lowest BCUT2D eigenvalue weighted by atomic mass is 9.98. The van der Waals surface area contributed by atoms with E-state index < -0.39 is 28.0 Å². The summed E-state index contributed by atoms with van der Waals surface area (Å²) in [5.74, 6) is -1.26. The van der Waals surface area contributed by atoms with Crippen LogP contribution < -0.4 is 0 Å². The molecule has 1 aromatic rings. The Bertz CT molecular complexity index is 607. The summed E-state index contributed by atoms with van der Waals surface area (Å²) in [7, 11) is -1.43. The highest BCUT2D eigenvalue weighted by Gasteiger charge is 2.28. The second-order valence-electron chi connectivity index (χ2n) is 6.12. The summed E-state index contributed by atoms with van der Waals surface area (Å²) >= 11 is 0. The van der Waals surface area contributed by atoms with Gasteiger partial charge in [-0.05, 0) is 49.8 Å². The summed E-state index contributed by atoms with van der Waals surface area (Å²) in [6.07, 6.45) is 5.48. The van der Waals surface area contributed by atoms with Gasteiger partial charge in [0.15, 0.2) is 0 Å². The Kier molecular flexibility index (Phi) is 6.97. The van der Waals surface area contributed by atoms with Crippen molar-refractivity contribution >= 4 is 22.7 Å². The lowest BCUT2D eigenvalue weighted by molar-refractivity contribution is -0.149. The van der Waals surface area contributed by atoms with Gasteiger partial charge < -0.3 is 9.84 Å². The maximum Gasteiger partial charge on any atom is 0.335 e. The van der Waals surface area contributed by atoms with Crippen LogP contribution in [-0.2, 0) is 26.1 Å². The second kappa shape index (κ2) is 8.97. The number of aromatic carboxylic acids is 1. The lowest BCUT2D eigenvalue weighted by Crippen LogP contribution is -2.32. The molecular weight excluding hydrogens is 328 g/mol. The van der Waals surface area contributed by atoms with Crippen molar-refractivity contribution in [2.45, 2.75) is 62.6 Å². The number of ether oxygens (including phenoxy) is 1. The highest BCUT2D eigenvalue weighted by molar-refractivity contribution is 7.85. The maximum absolute atomic E-state index is 12.6. The molecule has 1 fully saturated rings. The van der Waals surface area contributed by atoms with E-state index in [0.29, 0.717) is 12.0 Å². The summed E-state index contributed by atoms with van der Waals surface area (Å²) in [5.41, 5.74) is 0.805. The van der Waals surface area contributed by atoms with Crippen LogP contribution in [0.25, 0.3) is 0 Å². The zero-order valence-corrected chi connectivity index (χ0v) is 14.7. The van der Waals surface area contributed by atoms with E-state index >= 15 is 0 Å². The molecule has 0 radical (unpaired) electrons. The molecule has 24 heavy (non-hydrogen) atoms. The first-order valence-electron chi connectivity index (χ1n) is 8.41. The van der Waals surface area contributed by atoms with Gasteiger partial charge in [-0.3, -0.25) is 9.00 Å². The van der Waals surface area contributed by atoms with Gasteiger partial charge >= 0.3 is 11.9 Å². The fourth-order valence-electron chi connectivity index (χ4n) is 2.94. The first kappa shape index (κ1) is 18.6. The molecule has 2 unspecified atom stereocenters. The molecule has 2 atom stereocenters. The molecule has 1 aromatic carbocycles. The summed E-state index contributed by atoms with van der Waals surface area (Å²) in [6, 6.07) is 6.34. The molecule has 0 saturated heterocycles. The van der Waals surface area contributed by atoms with Crippen LogP contribution in [0.1, 0.15) is 61.4 Å². The Labute approximate surface area is 144 Å². The van der Waals surface area contributed by atoms with Gasteiger partial charge in [0.2, 0.25) is 0 Å². The van der Waals surface area contributed by atoms with Crippen molar-refractivity contribution in [1.82, 2.24) is 0 Å². The van der Waals surface area contributed by atoms with E-state index in [9.17, 15) is 13.8 Å². The molecule has 2 rings (SSSR count). The number of hydrogen-bond donors (Lipinski definition) is 1. The minimum Gasteiger partial charge on any atom is -0.478 e. The third-order valence-electron chi connectivity index (χ3n) is 4.27. The van der Waals surface area contributed by atoms with Crippen LogP contribution in [0.15, 0.2) is 24.3 Å². The molecule has 1 aliphatic carbocycles. The minimum atomic E-state index is -1.43. The largest absolute Gasteiger partial charge is 0.478 e. The summed E-state index contributed by atoms with van der Waals surface area (Å²) < 4.78 is 18.1. The van der Waals surface area contributed by atoms with E-state index in [1.807, 2.05) is 6.92 Å². The first-order chi connectivity index (χ1) is 11.5. The van der Waals surface area contributed by atoms with Crippen molar-refractivity contribution in [2.75, 3.05) is 0 Å². The second-order valence-corrected chi connectivity index (χ2v) is 7.74. The molecule has 0 heterocycles. The van der Waals surface area contributed by atoms with Crippen LogP contribution in [0.4, 0.5) is 0 Å². The van der Waals surface area contributed by atoms with Gasteiger partial charge in [0, 0.05) is 16.6 Å². The van der Waals surface area contributed by atoms with Crippen LogP contribution in [0.3, 0.4) is 0 Å². The van der Waals surface area contributed by atoms with Gasteiger partial charge in [-0.2, -0.15) is 0 Å². The molecule has 0 bridgehead atoms. The van der Waals surface area contributed by atoms with E-state index in [1.165, 1.54) is 18.6 Å². The molecule has 1 aliphatic rings. The molecule has 5 nitrogen and oxygen atoms in total. The number of hydrogen-bond acceptors (Lipinski definition) is 4. The Hall–Kier alpha value is -1.69. The number of esters is 1. The maximum atomic E-state index is 12.6. The minimum absolute atomic E-state index is 0.0485. The van der Waals surface area contributed by atoms with Crippen molar-refractivity contribution in [1.29, 1.82) is 0 Å². The summed E-state index contributed by atoms with van der Waals surface area (Å²) in [6.45, 7) is 1.82. The molecule has 1 N–H and O–H groups in total. The zero-order valence-electron chi connectivity index (χ0n) is 13.9. The molecule has 0 amide bonds. The zero-order chi connectivity index (χ0) is 17.5. The van der Waals surface area contributed by atoms with E-state index in [-0.39, 0.29) is 17.4 Å². The molecular formula is C18H24O5S.